The van der Waals surface area contributed by atoms with Gasteiger partial charge in [0.25, 0.3) is 0 Å². The van der Waals surface area contributed by atoms with Crippen LogP contribution in [-0.2, 0) is 13.0 Å². The first-order valence-corrected chi connectivity index (χ1v) is 8.39. The second-order valence-corrected chi connectivity index (χ2v) is 5.59. The Morgan fingerprint density at radius 2 is 1.65 bits per heavy atom. The number of hydrogen-bond acceptors (Lipinski definition) is 3. The summed E-state index contributed by atoms with van der Waals surface area (Å²) in [6, 6.07) is 14.7. The molecule has 23 heavy (non-hydrogen) atoms. The molecule has 0 saturated carbocycles. The minimum absolute atomic E-state index is 0.730. The zero-order valence-electron chi connectivity index (χ0n) is 14.4. The molecule has 2 rings (SSSR count). The molecule has 0 aliphatic rings. The van der Waals surface area contributed by atoms with Gasteiger partial charge in [-0.3, -0.25) is 0 Å². The molecule has 0 radical (unpaired) electrons. The van der Waals surface area contributed by atoms with Crippen molar-refractivity contribution < 1.29 is 9.47 Å². The molecular formula is C20H27NO2. The molecule has 0 amide bonds. The number of methoxy groups -OCH3 is 1. The van der Waals surface area contributed by atoms with Gasteiger partial charge in [0.1, 0.15) is 0 Å². The molecule has 0 saturated heterocycles. The Labute approximate surface area is 139 Å². The zero-order valence-corrected chi connectivity index (χ0v) is 14.4. The standard InChI is InChI=1S/C20H27NO2/c1-4-6-13-23-19-12-9-17(14-20(19)22-3)15-21-18-10-7-16(5-2)8-11-18/h7-12,14,21H,4-6,13,15H2,1-3H3. The van der Waals surface area contributed by atoms with Crippen LogP contribution in [0.15, 0.2) is 42.5 Å². The molecule has 0 atom stereocenters. The summed E-state index contributed by atoms with van der Waals surface area (Å²) in [5, 5.41) is 3.44. The van der Waals surface area contributed by atoms with Gasteiger partial charge in [-0.05, 0) is 48.2 Å². The third-order valence-electron chi connectivity index (χ3n) is 3.84. The number of anilines is 1. The van der Waals surface area contributed by atoms with Gasteiger partial charge >= 0.3 is 0 Å². The minimum atomic E-state index is 0.730. The molecule has 0 aliphatic heterocycles. The monoisotopic (exact) mass is 313 g/mol. The number of benzene rings is 2. The molecule has 0 unspecified atom stereocenters. The summed E-state index contributed by atoms with van der Waals surface area (Å²) in [6.07, 6.45) is 3.25. The number of unbranched alkanes of at least 4 members (excludes halogenated alkanes) is 1. The van der Waals surface area contributed by atoms with Crippen molar-refractivity contribution in [1.82, 2.24) is 0 Å². The highest BCUT2D eigenvalue weighted by atomic mass is 16.5. The summed E-state index contributed by atoms with van der Waals surface area (Å²) in [5.41, 5.74) is 3.65. The second-order valence-electron chi connectivity index (χ2n) is 5.59. The molecule has 3 nitrogen and oxygen atoms in total. The molecular weight excluding hydrogens is 286 g/mol. The van der Waals surface area contributed by atoms with Gasteiger partial charge in [0.15, 0.2) is 11.5 Å². The van der Waals surface area contributed by atoms with Crippen molar-refractivity contribution >= 4 is 5.69 Å². The van der Waals surface area contributed by atoms with E-state index in [0.717, 1.165) is 49.6 Å². The summed E-state index contributed by atoms with van der Waals surface area (Å²) in [6.45, 7) is 5.81. The average Bonchev–Trinajstić information content (AvgIpc) is 2.61. The summed E-state index contributed by atoms with van der Waals surface area (Å²) in [5.74, 6) is 1.61. The Morgan fingerprint density at radius 1 is 0.913 bits per heavy atom. The Hall–Kier alpha value is -2.16. The fourth-order valence-corrected chi connectivity index (χ4v) is 2.33. The van der Waals surface area contributed by atoms with Crippen LogP contribution in [0.25, 0.3) is 0 Å². The quantitative estimate of drug-likeness (QED) is 0.657. The van der Waals surface area contributed by atoms with Crippen LogP contribution in [0.5, 0.6) is 11.5 Å². The second kappa shape index (κ2) is 9.09. The molecule has 0 aliphatic carbocycles. The topological polar surface area (TPSA) is 30.5 Å². The number of hydrogen-bond donors (Lipinski definition) is 1. The summed E-state index contributed by atoms with van der Waals surface area (Å²) >= 11 is 0. The van der Waals surface area contributed by atoms with E-state index in [0.29, 0.717) is 0 Å². The van der Waals surface area contributed by atoms with Crippen molar-refractivity contribution in [3.05, 3.63) is 53.6 Å². The molecule has 2 aromatic carbocycles. The summed E-state index contributed by atoms with van der Waals surface area (Å²) < 4.78 is 11.2. The molecule has 124 valence electrons. The van der Waals surface area contributed by atoms with Crippen molar-refractivity contribution in [2.45, 2.75) is 39.7 Å². The maximum Gasteiger partial charge on any atom is 0.161 e. The number of aryl methyl sites for hydroxylation is 1. The first-order valence-electron chi connectivity index (χ1n) is 8.39. The number of rotatable bonds is 9. The smallest absolute Gasteiger partial charge is 0.161 e. The lowest BCUT2D eigenvalue weighted by atomic mass is 10.1. The van der Waals surface area contributed by atoms with Gasteiger partial charge in [-0.1, -0.05) is 38.5 Å². The van der Waals surface area contributed by atoms with E-state index in [-0.39, 0.29) is 0 Å². The Bertz CT molecular complexity index is 593. The van der Waals surface area contributed by atoms with E-state index in [4.69, 9.17) is 9.47 Å². The summed E-state index contributed by atoms with van der Waals surface area (Å²) in [7, 11) is 1.68. The Balaban J connectivity index is 1.96. The highest BCUT2D eigenvalue weighted by molar-refractivity contribution is 5.47. The van der Waals surface area contributed by atoms with Gasteiger partial charge < -0.3 is 14.8 Å². The van der Waals surface area contributed by atoms with Gasteiger partial charge in [-0.25, -0.2) is 0 Å². The van der Waals surface area contributed by atoms with E-state index in [1.807, 2.05) is 12.1 Å². The van der Waals surface area contributed by atoms with E-state index in [9.17, 15) is 0 Å². The van der Waals surface area contributed by atoms with Crippen LogP contribution in [0.2, 0.25) is 0 Å². The number of ether oxygens (including phenoxy) is 2. The Kier molecular flexibility index (Phi) is 6.79. The predicted octanol–water partition coefficient (Wildman–Crippen LogP) is 5.05. The van der Waals surface area contributed by atoms with Crippen molar-refractivity contribution in [1.29, 1.82) is 0 Å². The third-order valence-corrected chi connectivity index (χ3v) is 3.84. The molecule has 3 heteroatoms. The third kappa shape index (κ3) is 5.20. The van der Waals surface area contributed by atoms with Crippen LogP contribution in [0.4, 0.5) is 5.69 Å². The molecule has 1 N–H and O–H groups in total. The molecule has 2 aromatic rings. The molecule has 0 heterocycles. The van der Waals surface area contributed by atoms with Crippen LogP contribution in [0.3, 0.4) is 0 Å². The van der Waals surface area contributed by atoms with Crippen molar-refractivity contribution in [3.8, 4) is 11.5 Å². The lowest BCUT2D eigenvalue weighted by Gasteiger charge is -2.13. The number of nitrogens with one attached hydrogen (secondary N) is 1. The Morgan fingerprint density at radius 3 is 2.30 bits per heavy atom. The minimum Gasteiger partial charge on any atom is -0.493 e. The molecule has 0 fully saturated rings. The van der Waals surface area contributed by atoms with Gasteiger partial charge in [-0.2, -0.15) is 0 Å². The highest BCUT2D eigenvalue weighted by Crippen LogP contribution is 2.28. The van der Waals surface area contributed by atoms with Crippen molar-refractivity contribution in [3.63, 3.8) is 0 Å². The maximum absolute atomic E-state index is 5.77. The van der Waals surface area contributed by atoms with Crippen molar-refractivity contribution in [2.24, 2.45) is 0 Å². The van der Waals surface area contributed by atoms with Gasteiger partial charge in [0, 0.05) is 12.2 Å². The largest absolute Gasteiger partial charge is 0.493 e. The average molecular weight is 313 g/mol. The van der Waals surface area contributed by atoms with Crippen LogP contribution in [0, 0.1) is 0 Å². The fourth-order valence-electron chi connectivity index (χ4n) is 2.33. The normalized spacial score (nSPS) is 10.4. The van der Waals surface area contributed by atoms with Gasteiger partial charge in [0.05, 0.1) is 13.7 Å². The highest BCUT2D eigenvalue weighted by Gasteiger charge is 2.06. The van der Waals surface area contributed by atoms with E-state index < -0.39 is 0 Å². The first-order chi connectivity index (χ1) is 11.3. The fraction of sp³-hybridized carbons (Fsp3) is 0.400. The predicted molar refractivity (Wildman–Crippen MR) is 96.5 cm³/mol. The SMILES string of the molecule is CCCCOc1ccc(CNc2ccc(CC)cc2)cc1OC. The van der Waals surface area contributed by atoms with Crippen LogP contribution in [0.1, 0.15) is 37.8 Å². The van der Waals surface area contributed by atoms with E-state index in [2.05, 4.69) is 49.5 Å². The lowest BCUT2D eigenvalue weighted by molar-refractivity contribution is 0.288. The zero-order chi connectivity index (χ0) is 16.5. The van der Waals surface area contributed by atoms with Gasteiger partial charge in [-0.15, -0.1) is 0 Å². The maximum atomic E-state index is 5.77. The molecule has 0 aromatic heterocycles. The van der Waals surface area contributed by atoms with Crippen molar-refractivity contribution in [2.75, 3.05) is 19.0 Å². The lowest BCUT2D eigenvalue weighted by Crippen LogP contribution is -2.02. The van der Waals surface area contributed by atoms with E-state index >= 15 is 0 Å². The summed E-state index contributed by atoms with van der Waals surface area (Å²) in [4.78, 5) is 0. The van der Waals surface area contributed by atoms with Gasteiger partial charge in [0.2, 0.25) is 0 Å². The van der Waals surface area contributed by atoms with Crippen LogP contribution < -0.4 is 14.8 Å². The molecule has 0 bridgehead atoms. The molecule has 0 spiro atoms. The first kappa shape index (κ1) is 17.2. The van der Waals surface area contributed by atoms with Crippen LogP contribution in [-0.4, -0.2) is 13.7 Å². The van der Waals surface area contributed by atoms with E-state index in [1.165, 1.54) is 11.1 Å². The van der Waals surface area contributed by atoms with E-state index in [1.54, 1.807) is 7.11 Å². The van der Waals surface area contributed by atoms with Crippen LogP contribution >= 0.6 is 0 Å².